The van der Waals surface area contributed by atoms with Gasteiger partial charge >= 0.3 is 0 Å². The van der Waals surface area contributed by atoms with Crippen LogP contribution in [-0.4, -0.2) is 33.9 Å². The van der Waals surface area contributed by atoms with E-state index in [0.717, 1.165) is 34.6 Å². The lowest BCUT2D eigenvalue weighted by atomic mass is 9.97. The van der Waals surface area contributed by atoms with Gasteiger partial charge in [-0.15, -0.1) is 11.3 Å². The molecule has 9 heteroatoms. The SMILES string of the molecule is CC(C)Oc1cc(N)c(C=N)cc1Nc1ncnc2sc3c(c12)CCCC3.O=CO. The summed E-state index contributed by atoms with van der Waals surface area (Å²) in [6.07, 6.45) is 7.50. The lowest BCUT2D eigenvalue weighted by Crippen LogP contribution is -2.09. The molecule has 1 aliphatic rings. The van der Waals surface area contributed by atoms with Gasteiger partial charge in [-0.05, 0) is 51.2 Å². The first-order valence-electron chi connectivity index (χ1n) is 9.69. The Labute approximate surface area is 178 Å². The molecule has 8 nitrogen and oxygen atoms in total. The third-order valence-electron chi connectivity index (χ3n) is 4.71. The molecular formula is C21H25N5O3S. The third kappa shape index (κ3) is 4.51. The van der Waals surface area contributed by atoms with Gasteiger partial charge in [-0.25, -0.2) is 9.97 Å². The molecule has 1 aromatic carbocycles. The number of aryl methyl sites for hydroxylation is 2. The zero-order valence-corrected chi connectivity index (χ0v) is 17.8. The van der Waals surface area contributed by atoms with Gasteiger partial charge in [0.25, 0.3) is 6.47 Å². The van der Waals surface area contributed by atoms with Crippen LogP contribution in [0.3, 0.4) is 0 Å². The number of thiophene rings is 1. The highest BCUT2D eigenvalue weighted by Gasteiger charge is 2.21. The van der Waals surface area contributed by atoms with Crippen LogP contribution in [0.4, 0.5) is 17.2 Å². The number of carbonyl (C=O) groups is 1. The molecule has 4 rings (SSSR count). The summed E-state index contributed by atoms with van der Waals surface area (Å²) in [6, 6.07) is 3.61. The Hall–Kier alpha value is -3.20. The van der Waals surface area contributed by atoms with Crippen LogP contribution in [0.25, 0.3) is 10.2 Å². The van der Waals surface area contributed by atoms with Crippen LogP contribution < -0.4 is 15.8 Å². The fourth-order valence-electron chi connectivity index (χ4n) is 3.50. The minimum atomic E-state index is -0.250. The van der Waals surface area contributed by atoms with Crippen molar-refractivity contribution < 1.29 is 14.6 Å². The van der Waals surface area contributed by atoms with Crippen molar-refractivity contribution in [3.8, 4) is 5.75 Å². The van der Waals surface area contributed by atoms with Gasteiger partial charge in [0.2, 0.25) is 0 Å². The van der Waals surface area contributed by atoms with Crippen molar-refractivity contribution in [2.45, 2.75) is 45.6 Å². The van der Waals surface area contributed by atoms with E-state index < -0.39 is 0 Å². The highest BCUT2D eigenvalue weighted by molar-refractivity contribution is 7.19. The maximum absolute atomic E-state index is 8.36. The number of anilines is 3. The van der Waals surface area contributed by atoms with Gasteiger partial charge in [0.1, 0.15) is 22.7 Å². The molecule has 0 fully saturated rings. The van der Waals surface area contributed by atoms with E-state index in [1.54, 1.807) is 23.7 Å². The van der Waals surface area contributed by atoms with E-state index in [0.29, 0.717) is 17.0 Å². The Morgan fingerprint density at radius 2 is 2.03 bits per heavy atom. The maximum Gasteiger partial charge on any atom is 0.290 e. The van der Waals surface area contributed by atoms with Gasteiger partial charge in [-0.2, -0.15) is 0 Å². The molecular weight excluding hydrogens is 402 g/mol. The maximum atomic E-state index is 8.36. The van der Waals surface area contributed by atoms with Crippen LogP contribution in [0.15, 0.2) is 18.5 Å². The molecule has 0 amide bonds. The van der Waals surface area contributed by atoms with Crippen molar-refractivity contribution in [3.05, 3.63) is 34.5 Å². The molecule has 0 unspecified atom stereocenters. The van der Waals surface area contributed by atoms with E-state index in [9.17, 15) is 0 Å². The average molecular weight is 428 g/mol. The molecule has 0 saturated heterocycles. The summed E-state index contributed by atoms with van der Waals surface area (Å²) in [7, 11) is 0. The Morgan fingerprint density at radius 1 is 1.30 bits per heavy atom. The summed E-state index contributed by atoms with van der Waals surface area (Å²) in [6.45, 7) is 3.70. The molecule has 30 heavy (non-hydrogen) atoms. The minimum absolute atomic E-state index is 0.00936. The lowest BCUT2D eigenvalue weighted by Gasteiger charge is -2.18. The summed E-state index contributed by atoms with van der Waals surface area (Å²) >= 11 is 1.77. The monoisotopic (exact) mass is 427 g/mol. The van der Waals surface area contributed by atoms with E-state index >= 15 is 0 Å². The summed E-state index contributed by atoms with van der Waals surface area (Å²) in [4.78, 5) is 19.8. The Balaban J connectivity index is 0.000000806. The molecule has 158 valence electrons. The largest absolute Gasteiger partial charge is 0.489 e. The Morgan fingerprint density at radius 3 is 2.73 bits per heavy atom. The van der Waals surface area contributed by atoms with Crippen LogP contribution in [0.5, 0.6) is 5.75 Å². The predicted octanol–water partition coefficient (Wildman–Crippen LogP) is 4.38. The van der Waals surface area contributed by atoms with Crippen LogP contribution in [-0.2, 0) is 17.6 Å². The first-order chi connectivity index (χ1) is 14.5. The fourth-order valence-corrected chi connectivity index (χ4v) is 4.73. The molecule has 5 N–H and O–H groups in total. The standard InChI is InChI=1S/C20H23N5OS.CH2O2/c1-11(2)26-16-8-14(22)12(9-21)7-15(16)25-19-18-13-5-3-4-6-17(13)27-20(18)24-10-23-19;2-1-3/h7-11,21H,3-6,22H2,1-2H3,(H,23,24,25);1H,(H,2,3). The molecule has 0 spiro atoms. The van der Waals surface area contributed by atoms with E-state index in [1.807, 2.05) is 19.9 Å². The zero-order valence-electron chi connectivity index (χ0n) is 16.9. The van der Waals surface area contributed by atoms with Gasteiger partial charge < -0.3 is 26.3 Å². The molecule has 2 heterocycles. The molecule has 0 bridgehead atoms. The third-order valence-corrected chi connectivity index (χ3v) is 5.91. The number of nitrogens with two attached hydrogens (primary N) is 1. The first-order valence-corrected chi connectivity index (χ1v) is 10.5. The Bertz CT molecular complexity index is 1060. The average Bonchev–Trinajstić information content (AvgIpc) is 3.09. The van der Waals surface area contributed by atoms with E-state index in [2.05, 4.69) is 15.3 Å². The minimum Gasteiger partial charge on any atom is -0.489 e. The van der Waals surface area contributed by atoms with Crippen molar-refractivity contribution in [3.63, 3.8) is 0 Å². The van der Waals surface area contributed by atoms with Gasteiger partial charge in [0.15, 0.2) is 0 Å². The topological polar surface area (TPSA) is 134 Å². The number of rotatable bonds is 5. The molecule has 0 saturated carbocycles. The van der Waals surface area contributed by atoms with Crippen LogP contribution >= 0.6 is 11.3 Å². The summed E-state index contributed by atoms with van der Waals surface area (Å²) in [5.41, 5.74) is 9.35. The molecule has 0 radical (unpaired) electrons. The highest BCUT2D eigenvalue weighted by Crippen LogP contribution is 2.40. The van der Waals surface area contributed by atoms with Crippen molar-refractivity contribution in [2.75, 3.05) is 11.1 Å². The molecule has 0 aliphatic heterocycles. The number of hydrogen-bond donors (Lipinski definition) is 4. The van der Waals surface area contributed by atoms with Crippen LogP contribution in [0, 0.1) is 5.41 Å². The smallest absolute Gasteiger partial charge is 0.290 e. The lowest BCUT2D eigenvalue weighted by molar-refractivity contribution is -0.122. The van der Waals surface area contributed by atoms with Crippen LogP contribution in [0.2, 0.25) is 0 Å². The quantitative estimate of drug-likeness (QED) is 0.270. The first kappa shape index (κ1) is 21.5. The fraction of sp³-hybridized carbons (Fsp3) is 0.333. The number of aromatic nitrogens is 2. The molecule has 0 atom stereocenters. The van der Waals surface area contributed by atoms with Gasteiger partial charge in [0, 0.05) is 28.4 Å². The van der Waals surface area contributed by atoms with Crippen LogP contribution in [0.1, 0.15) is 42.7 Å². The second-order valence-electron chi connectivity index (χ2n) is 7.13. The van der Waals surface area contributed by atoms with Crippen molar-refractivity contribution in [1.29, 1.82) is 5.41 Å². The van der Waals surface area contributed by atoms with Crippen molar-refractivity contribution in [1.82, 2.24) is 9.97 Å². The van der Waals surface area contributed by atoms with Gasteiger partial charge in [0.05, 0.1) is 17.2 Å². The normalized spacial score (nSPS) is 12.6. The van der Waals surface area contributed by atoms with E-state index in [-0.39, 0.29) is 12.6 Å². The number of nitrogen functional groups attached to an aromatic ring is 1. The summed E-state index contributed by atoms with van der Waals surface area (Å²) < 4.78 is 5.95. The molecule has 3 aromatic rings. The number of nitrogens with zero attached hydrogens (tertiary/aromatic N) is 2. The number of carboxylic acid groups (broad SMARTS) is 1. The van der Waals surface area contributed by atoms with Crippen molar-refractivity contribution in [2.24, 2.45) is 0 Å². The van der Waals surface area contributed by atoms with E-state index in [4.69, 9.17) is 25.8 Å². The number of nitrogens with one attached hydrogen (secondary N) is 2. The highest BCUT2D eigenvalue weighted by atomic mass is 32.1. The van der Waals surface area contributed by atoms with Gasteiger partial charge in [-0.3, -0.25) is 4.79 Å². The number of hydrogen-bond acceptors (Lipinski definition) is 8. The summed E-state index contributed by atoms with van der Waals surface area (Å²) in [5, 5.41) is 19.0. The predicted molar refractivity (Wildman–Crippen MR) is 121 cm³/mol. The molecule has 1 aliphatic carbocycles. The number of benzene rings is 1. The zero-order chi connectivity index (χ0) is 21.7. The number of ether oxygens (including phenoxy) is 1. The van der Waals surface area contributed by atoms with E-state index in [1.165, 1.54) is 29.5 Å². The second-order valence-corrected chi connectivity index (χ2v) is 8.22. The summed E-state index contributed by atoms with van der Waals surface area (Å²) in [5.74, 6) is 1.44. The van der Waals surface area contributed by atoms with Gasteiger partial charge in [-0.1, -0.05) is 0 Å². The molecule has 2 aromatic heterocycles. The Kier molecular flexibility index (Phi) is 6.83. The second kappa shape index (κ2) is 9.53. The number of fused-ring (bicyclic) bond motifs is 3. The van der Waals surface area contributed by atoms with Crippen molar-refractivity contribution >= 4 is 51.4 Å².